The van der Waals surface area contributed by atoms with E-state index in [1.165, 1.54) is 4.68 Å². The zero-order valence-corrected chi connectivity index (χ0v) is 17.3. The van der Waals surface area contributed by atoms with E-state index in [0.717, 1.165) is 27.9 Å². The van der Waals surface area contributed by atoms with Gasteiger partial charge in [-0.05, 0) is 29.7 Å². The molecule has 4 rings (SSSR count). The largest absolute Gasteiger partial charge is 0.482 e. The lowest BCUT2D eigenvalue weighted by Crippen LogP contribution is -2.24. The fraction of sp³-hybridized carbons (Fsp3) is 0.115. The zero-order chi connectivity index (χ0) is 22.3. The second-order valence-corrected chi connectivity index (χ2v) is 7.28. The summed E-state index contributed by atoms with van der Waals surface area (Å²) >= 11 is 0. The minimum Gasteiger partial charge on any atom is -0.482 e. The van der Waals surface area contributed by atoms with Gasteiger partial charge in [-0.1, -0.05) is 72.8 Å². The first-order valence-corrected chi connectivity index (χ1v) is 10.3. The van der Waals surface area contributed by atoms with Crippen LogP contribution in [0.4, 0.5) is 0 Å². The first kappa shape index (κ1) is 21.1. The number of carboxylic acid groups (broad SMARTS) is 1. The minimum atomic E-state index is -1.03. The maximum Gasteiger partial charge on any atom is 0.341 e. The van der Waals surface area contributed by atoms with Crippen molar-refractivity contribution in [3.63, 3.8) is 0 Å². The zero-order valence-electron chi connectivity index (χ0n) is 17.3. The van der Waals surface area contributed by atoms with Gasteiger partial charge >= 0.3 is 5.97 Å². The molecule has 0 aliphatic rings. The van der Waals surface area contributed by atoms with Gasteiger partial charge in [-0.15, -0.1) is 0 Å². The first-order valence-electron chi connectivity index (χ1n) is 10.3. The Hall–Kier alpha value is -4.19. The second-order valence-electron chi connectivity index (χ2n) is 7.28. The van der Waals surface area contributed by atoms with E-state index in [2.05, 4.69) is 0 Å². The predicted molar refractivity (Wildman–Crippen MR) is 123 cm³/mol. The number of hydrogen-bond donors (Lipinski definition) is 1. The molecule has 1 N–H and O–H groups in total. The molecule has 0 aliphatic heterocycles. The molecule has 4 aromatic rings. The lowest BCUT2D eigenvalue weighted by Gasteiger charge is -2.13. The molecule has 0 radical (unpaired) electrons. The maximum absolute atomic E-state index is 12.9. The van der Waals surface area contributed by atoms with Crippen LogP contribution in [0.15, 0.2) is 95.8 Å². The Labute approximate surface area is 185 Å². The Balaban J connectivity index is 1.63. The third kappa shape index (κ3) is 5.10. The van der Waals surface area contributed by atoms with Crippen molar-refractivity contribution in [2.45, 2.75) is 13.0 Å². The molecule has 1 aromatic heterocycles. The lowest BCUT2D eigenvalue weighted by atomic mass is 10.0. The number of hydrogen-bond acceptors (Lipinski definition) is 4. The summed E-state index contributed by atoms with van der Waals surface area (Å²) in [6.45, 7) is -0.0119. The van der Waals surface area contributed by atoms with Crippen molar-refractivity contribution in [2.24, 2.45) is 0 Å². The van der Waals surface area contributed by atoms with E-state index in [-0.39, 0.29) is 5.56 Å². The first-order chi connectivity index (χ1) is 15.6. The van der Waals surface area contributed by atoms with E-state index in [4.69, 9.17) is 14.9 Å². The molecule has 0 aliphatic carbocycles. The molecule has 32 heavy (non-hydrogen) atoms. The normalized spacial score (nSPS) is 10.6. The van der Waals surface area contributed by atoms with Gasteiger partial charge in [-0.25, -0.2) is 9.48 Å². The van der Waals surface area contributed by atoms with E-state index < -0.39 is 12.6 Å². The number of aromatic nitrogens is 2. The van der Waals surface area contributed by atoms with E-state index in [9.17, 15) is 9.59 Å². The third-order valence-electron chi connectivity index (χ3n) is 5.00. The van der Waals surface area contributed by atoms with Gasteiger partial charge in [0.25, 0.3) is 5.56 Å². The molecule has 0 atom stereocenters. The Kier molecular flexibility index (Phi) is 6.41. The van der Waals surface area contributed by atoms with E-state index in [1.807, 2.05) is 66.7 Å². The van der Waals surface area contributed by atoms with Crippen molar-refractivity contribution in [1.82, 2.24) is 9.78 Å². The molecule has 6 heteroatoms. The lowest BCUT2D eigenvalue weighted by molar-refractivity contribution is -0.139. The monoisotopic (exact) mass is 426 g/mol. The molecule has 6 nitrogen and oxygen atoms in total. The van der Waals surface area contributed by atoms with Crippen LogP contribution in [0.25, 0.3) is 22.4 Å². The second kappa shape index (κ2) is 9.75. The molecule has 0 bridgehead atoms. The van der Waals surface area contributed by atoms with Gasteiger partial charge in [0.05, 0.1) is 5.69 Å². The van der Waals surface area contributed by atoms with Crippen molar-refractivity contribution < 1.29 is 14.6 Å². The highest BCUT2D eigenvalue weighted by atomic mass is 16.5. The Morgan fingerprint density at radius 3 is 2.25 bits per heavy atom. The summed E-state index contributed by atoms with van der Waals surface area (Å²) in [6.07, 6.45) is 0.552. The Bertz CT molecular complexity index is 1270. The van der Waals surface area contributed by atoms with Crippen LogP contribution in [0.2, 0.25) is 0 Å². The fourth-order valence-electron chi connectivity index (χ4n) is 3.47. The molecular weight excluding hydrogens is 404 g/mol. The van der Waals surface area contributed by atoms with Gasteiger partial charge in [0.15, 0.2) is 6.61 Å². The summed E-state index contributed by atoms with van der Waals surface area (Å²) in [5.74, 6) is -0.548. The van der Waals surface area contributed by atoms with Gasteiger partial charge in [0.1, 0.15) is 5.75 Å². The molecule has 160 valence electrons. The van der Waals surface area contributed by atoms with Crippen LogP contribution in [0.1, 0.15) is 5.56 Å². The van der Waals surface area contributed by atoms with Gasteiger partial charge in [0.2, 0.25) is 0 Å². The number of carboxylic acids is 1. The van der Waals surface area contributed by atoms with Crippen molar-refractivity contribution in [1.29, 1.82) is 0 Å². The summed E-state index contributed by atoms with van der Waals surface area (Å²) in [5, 5.41) is 13.5. The van der Waals surface area contributed by atoms with Crippen molar-refractivity contribution >= 4 is 5.97 Å². The number of ether oxygens (including phenoxy) is 1. The van der Waals surface area contributed by atoms with Crippen LogP contribution in [0.3, 0.4) is 0 Å². The minimum absolute atomic E-state index is 0.179. The highest BCUT2D eigenvalue weighted by Gasteiger charge is 2.13. The smallest absolute Gasteiger partial charge is 0.341 e. The highest BCUT2D eigenvalue weighted by Crippen LogP contribution is 2.28. The summed E-state index contributed by atoms with van der Waals surface area (Å²) < 4.78 is 6.71. The predicted octanol–water partition coefficient (Wildman–Crippen LogP) is 4.28. The molecule has 0 spiro atoms. The van der Waals surface area contributed by atoms with Crippen molar-refractivity contribution in [3.05, 3.63) is 107 Å². The quantitative estimate of drug-likeness (QED) is 0.455. The van der Waals surface area contributed by atoms with Gasteiger partial charge in [-0.3, -0.25) is 4.79 Å². The molecule has 0 saturated carbocycles. The van der Waals surface area contributed by atoms with E-state index >= 15 is 0 Å². The Morgan fingerprint density at radius 2 is 1.56 bits per heavy atom. The van der Waals surface area contributed by atoms with Crippen LogP contribution in [-0.2, 0) is 17.8 Å². The topological polar surface area (TPSA) is 81.4 Å². The molecule has 0 fully saturated rings. The molecule has 0 saturated heterocycles. The Morgan fingerprint density at radius 1 is 0.875 bits per heavy atom. The average Bonchev–Trinajstić information content (AvgIpc) is 2.83. The van der Waals surface area contributed by atoms with E-state index in [0.29, 0.717) is 18.7 Å². The summed E-state index contributed by atoms with van der Waals surface area (Å²) in [6, 6.07) is 28.4. The van der Waals surface area contributed by atoms with Gasteiger partial charge in [-0.2, -0.15) is 5.10 Å². The van der Waals surface area contributed by atoms with Crippen LogP contribution < -0.4 is 10.3 Å². The summed E-state index contributed by atoms with van der Waals surface area (Å²) in [7, 11) is 0. The van der Waals surface area contributed by atoms with Crippen LogP contribution in [0.5, 0.6) is 5.75 Å². The SMILES string of the molecule is O=C(O)COc1cccc(CCn2nc(-c3ccccc3)c(-c3ccccc3)cc2=O)c1. The average molecular weight is 426 g/mol. The fourth-order valence-corrected chi connectivity index (χ4v) is 3.47. The van der Waals surface area contributed by atoms with Crippen LogP contribution >= 0.6 is 0 Å². The van der Waals surface area contributed by atoms with Gasteiger partial charge in [0, 0.05) is 23.7 Å². The van der Waals surface area contributed by atoms with Crippen molar-refractivity contribution in [2.75, 3.05) is 6.61 Å². The number of benzene rings is 3. The third-order valence-corrected chi connectivity index (χ3v) is 5.00. The highest BCUT2D eigenvalue weighted by molar-refractivity contribution is 5.80. The van der Waals surface area contributed by atoms with Crippen molar-refractivity contribution in [3.8, 4) is 28.1 Å². The number of aliphatic carboxylic acids is 1. The molecule has 0 amide bonds. The van der Waals surface area contributed by atoms with E-state index in [1.54, 1.807) is 24.3 Å². The molecule has 3 aromatic carbocycles. The molecule has 1 heterocycles. The van der Waals surface area contributed by atoms with Gasteiger partial charge < -0.3 is 9.84 Å². The molecular formula is C26H22N2O4. The summed E-state index contributed by atoms with van der Waals surface area (Å²) in [5.41, 5.74) is 4.16. The number of carbonyl (C=O) groups is 1. The van der Waals surface area contributed by atoms with Crippen LogP contribution in [-0.4, -0.2) is 27.5 Å². The van der Waals surface area contributed by atoms with Crippen LogP contribution in [0, 0.1) is 0 Å². The number of rotatable bonds is 8. The standard InChI is InChI=1S/C26H22N2O4/c29-24-17-23(20-9-3-1-4-10-20)26(21-11-5-2-6-12-21)27-28(24)15-14-19-8-7-13-22(16-19)32-18-25(30)31/h1-13,16-17H,14-15,18H2,(H,30,31). The number of aryl methyl sites for hydroxylation is 2. The number of nitrogens with zero attached hydrogens (tertiary/aromatic N) is 2. The molecule has 0 unspecified atom stereocenters. The summed E-state index contributed by atoms with van der Waals surface area (Å²) in [4.78, 5) is 23.6. The maximum atomic E-state index is 12.9.